The quantitative estimate of drug-likeness (QED) is 0.706. The highest BCUT2D eigenvalue weighted by Gasteiger charge is 2.09. The van der Waals surface area contributed by atoms with Crippen LogP contribution in [0.4, 0.5) is 0 Å². The summed E-state index contributed by atoms with van der Waals surface area (Å²) in [6.45, 7) is 4.55. The molecule has 0 saturated carbocycles. The van der Waals surface area contributed by atoms with Gasteiger partial charge < -0.3 is 15.0 Å². The lowest BCUT2D eigenvalue weighted by Gasteiger charge is -2.09. The van der Waals surface area contributed by atoms with Gasteiger partial charge in [0, 0.05) is 12.0 Å². The van der Waals surface area contributed by atoms with E-state index in [1.807, 2.05) is 25.1 Å². The maximum atomic E-state index is 11.2. The van der Waals surface area contributed by atoms with Gasteiger partial charge in [0.25, 0.3) is 0 Å². The van der Waals surface area contributed by atoms with Crippen molar-refractivity contribution in [2.24, 2.45) is 5.73 Å². The minimum atomic E-state index is -0.454. The number of benzene rings is 2. The minimum absolute atomic E-state index is 0.454. The lowest BCUT2D eigenvalue weighted by Crippen LogP contribution is -2.11. The molecule has 0 radical (unpaired) electrons. The fourth-order valence-electron chi connectivity index (χ4n) is 2.61. The zero-order chi connectivity index (χ0) is 18.5. The molecule has 1 amide bonds. The zero-order valence-electron chi connectivity index (χ0n) is 14.9. The van der Waals surface area contributed by atoms with E-state index >= 15 is 0 Å². The van der Waals surface area contributed by atoms with Crippen LogP contribution in [0.25, 0.3) is 0 Å². The second-order valence-electron chi connectivity index (χ2n) is 6.14. The van der Waals surface area contributed by atoms with Crippen molar-refractivity contribution in [3.05, 3.63) is 76.4 Å². The van der Waals surface area contributed by atoms with E-state index in [-0.39, 0.29) is 0 Å². The van der Waals surface area contributed by atoms with Crippen molar-refractivity contribution < 1.29 is 14.1 Å². The highest BCUT2D eigenvalue weighted by atomic mass is 16.5. The molecule has 0 aliphatic rings. The van der Waals surface area contributed by atoms with Gasteiger partial charge in [0.1, 0.15) is 5.75 Å². The molecule has 0 fully saturated rings. The van der Waals surface area contributed by atoms with Crippen molar-refractivity contribution in [3.8, 4) is 5.75 Å². The van der Waals surface area contributed by atoms with E-state index in [1.54, 1.807) is 18.2 Å². The summed E-state index contributed by atoms with van der Waals surface area (Å²) in [6, 6.07) is 13.1. The first-order chi connectivity index (χ1) is 12.5. The van der Waals surface area contributed by atoms with Gasteiger partial charge in [-0.25, -0.2) is 0 Å². The summed E-state index contributed by atoms with van der Waals surface area (Å²) in [5.74, 6) is 1.50. The van der Waals surface area contributed by atoms with Gasteiger partial charge in [-0.1, -0.05) is 29.4 Å². The second-order valence-corrected chi connectivity index (χ2v) is 6.14. The third-order valence-electron chi connectivity index (χ3n) is 4.21. The number of hydrogen-bond acceptors (Lipinski definition) is 5. The molecular formula is C20H21N3O3. The lowest BCUT2D eigenvalue weighted by molar-refractivity contribution is 0.1000. The maximum Gasteiger partial charge on any atom is 0.248 e. The Morgan fingerprint density at radius 1 is 1.19 bits per heavy atom. The molecule has 6 heteroatoms. The standard InChI is InChI=1S/C20H21N3O3/c1-13-5-3-8-17(14(13)2)25-10-9-19-22-18(23-26-19)12-15-6-4-7-16(11-15)20(21)24/h3-8,11H,9-10,12H2,1-2H3,(H2,21,24). The monoisotopic (exact) mass is 351 g/mol. The topological polar surface area (TPSA) is 91.2 Å². The summed E-state index contributed by atoms with van der Waals surface area (Å²) >= 11 is 0. The maximum absolute atomic E-state index is 11.2. The molecule has 1 aromatic heterocycles. The van der Waals surface area contributed by atoms with Crippen LogP contribution in [0.3, 0.4) is 0 Å². The number of nitrogens with zero attached hydrogens (tertiary/aromatic N) is 2. The molecule has 2 N–H and O–H groups in total. The molecule has 26 heavy (non-hydrogen) atoms. The second kappa shape index (κ2) is 7.82. The number of carbonyl (C=O) groups is 1. The number of hydrogen-bond donors (Lipinski definition) is 1. The first kappa shape index (κ1) is 17.7. The number of rotatable bonds is 7. The lowest BCUT2D eigenvalue weighted by atomic mass is 10.1. The highest BCUT2D eigenvalue weighted by molar-refractivity contribution is 5.92. The van der Waals surface area contributed by atoms with E-state index < -0.39 is 5.91 Å². The molecule has 0 unspecified atom stereocenters. The average molecular weight is 351 g/mol. The van der Waals surface area contributed by atoms with E-state index in [0.29, 0.717) is 36.7 Å². The predicted molar refractivity (Wildman–Crippen MR) is 97.2 cm³/mol. The van der Waals surface area contributed by atoms with Crippen LogP contribution in [0, 0.1) is 13.8 Å². The largest absolute Gasteiger partial charge is 0.493 e. The number of aromatic nitrogens is 2. The van der Waals surface area contributed by atoms with Gasteiger partial charge in [0.2, 0.25) is 11.8 Å². The predicted octanol–water partition coefficient (Wildman–Crippen LogP) is 3.00. The molecule has 134 valence electrons. The van der Waals surface area contributed by atoms with E-state index in [2.05, 4.69) is 23.1 Å². The molecule has 0 spiro atoms. The van der Waals surface area contributed by atoms with Gasteiger partial charge >= 0.3 is 0 Å². The molecule has 6 nitrogen and oxygen atoms in total. The Kier molecular flexibility index (Phi) is 5.31. The number of primary amides is 1. The molecule has 1 heterocycles. The van der Waals surface area contributed by atoms with Crippen LogP contribution in [-0.4, -0.2) is 22.7 Å². The van der Waals surface area contributed by atoms with Crippen LogP contribution in [0.2, 0.25) is 0 Å². The molecular weight excluding hydrogens is 330 g/mol. The van der Waals surface area contributed by atoms with E-state index in [0.717, 1.165) is 16.9 Å². The van der Waals surface area contributed by atoms with Gasteiger partial charge in [-0.05, 0) is 48.7 Å². The summed E-state index contributed by atoms with van der Waals surface area (Å²) in [6.07, 6.45) is 1.00. The van der Waals surface area contributed by atoms with Crippen molar-refractivity contribution in [1.29, 1.82) is 0 Å². The summed E-state index contributed by atoms with van der Waals surface area (Å²) in [4.78, 5) is 15.6. The van der Waals surface area contributed by atoms with Crippen molar-refractivity contribution in [1.82, 2.24) is 10.1 Å². The SMILES string of the molecule is Cc1cccc(OCCc2nc(Cc3cccc(C(N)=O)c3)no2)c1C. The van der Waals surface area contributed by atoms with Crippen molar-refractivity contribution in [2.45, 2.75) is 26.7 Å². The van der Waals surface area contributed by atoms with Crippen molar-refractivity contribution >= 4 is 5.91 Å². The Labute approximate surface area is 152 Å². The molecule has 0 saturated heterocycles. The van der Waals surface area contributed by atoms with Crippen LogP contribution in [0.5, 0.6) is 5.75 Å². The summed E-state index contributed by atoms with van der Waals surface area (Å²) in [5.41, 5.74) is 9.00. The van der Waals surface area contributed by atoms with E-state index in [9.17, 15) is 4.79 Å². The molecule has 3 aromatic rings. The van der Waals surface area contributed by atoms with Gasteiger partial charge in [-0.15, -0.1) is 0 Å². The molecule has 0 aliphatic carbocycles. The van der Waals surface area contributed by atoms with Crippen LogP contribution < -0.4 is 10.5 Å². The number of ether oxygens (including phenoxy) is 1. The number of carbonyl (C=O) groups excluding carboxylic acids is 1. The molecule has 0 aliphatic heterocycles. The van der Waals surface area contributed by atoms with Crippen LogP contribution in [0.15, 0.2) is 47.0 Å². The van der Waals surface area contributed by atoms with Crippen LogP contribution in [-0.2, 0) is 12.8 Å². The normalized spacial score (nSPS) is 10.7. The Hall–Kier alpha value is -3.15. The molecule has 0 bridgehead atoms. The Balaban J connectivity index is 1.57. The number of amides is 1. The van der Waals surface area contributed by atoms with E-state index in [1.165, 1.54) is 5.56 Å². The van der Waals surface area contributed by atoms with Crippen molar-refractivity contribution in [3.63, 3.8) is 0 Å². The average Bonchev–Trinajstić information content (AvgIpc) is 3.06. The summed E-state index contributed by atoms with van der Waals surface area (Å²) < 4.78 is 11.1. The minimum Gasteiger partial charge on any atom is -0.493 e. The molecule has 3 rings (SSSR count). The van der Waals surface area contributed by atoms with Gasteiger partial charge in [-0.3, -0.25) is 4.79 Å². The van der Waals surface area contributed by atoms with Crippen molar-refractivity contribution in [2.75, 3.05) is 6.61 Å². The number of aryl methyl sites for hydroxylation is 1. The van der Waals surface area contributed by atoms with Crippen LogP contribution >= 0.6 is 0 Å². The fourth-order valence-corrected chi connectivity index (χ4v) is 2.61. The Morgan fingerprint density at radius 3 is 2.81 bits per heavy atom. The van der Waals surface area contributed by atoms with E-state index in [4.69, 9.17) is 15.0 Å². The van der Waals surface area contributed by atoms with Gasteiger partial charge in [0.05, 0.1) is 13.0 Å². The smallest absolute Gasteiger partial charge is 0.248 e. The molecule has 2 aromatic carbocycles. The summed E-state index contributed by atoms with van der Waals surface area (Å²) in [5, 5.41) is 3.99. The first-order valence-corrected chi connectivity index (χ1v) is 8.42. The van der Waals surface area contributed by atoms with Gasteiger partial charge in [-0.2, -0.15) is 4.98 Å². The Bertz CT molecular complexity index is 918. The zero-order valence-corrected chi connectivity index (χ0v) is 14.9. The molecule has 0 atom stereocenters. The fraction of sp³-hybridized carbons (Fsp3) is 0.250. The summed E-state index contributed by atoms with van der Waals surface area (Å²) in [7, 11) is 0. The third-order valence-corrected chi connectivity index (χ3v) is 4.21. The first-order valence-electron chi connectivity index (χ1n) is 8.42. The van der Waals surface area contributed by atoms with Crippen LogP contribution in [0.1, 0.15) is 38.8 Å². The Morgan fingerprint density at radius 2 is 2.00 bits per heavy atom. The number of nitrogens with two attached hydrogens (primary N) is 1. The third kappa shape index (κ3) is 4.27. The van der Waals surface area contributed by atoms with Gasteiger partial charge in [0.15, 0.2) is 5.82 Å². The highest BCUT2D eigenvalue weighted by Crippen LogP contribution is 2.20.